The van der Waals surface area contributed by atoms with Gasteiger partial charge in [0.2, 0.25) is 0 Å². The van der Waals surface area contributed by atoms with Gasteiger partial charge in [0.05, 0.1) is 12.1 Å². The lowest BCUT2D eigenvalue weighted by atomic mass is 10.1. The minimum Gasteiger partial charge on any atom is -0.506 e. The van der Waals surface area contributed by atoms with E-state index in [9.17, 15) is 19.0 Å². The van der Waals surface area contributed by atoms with Gasteiger partial charge in [-0.1, -0.05) is 53.2 Å². The quantitative estimate of drug-likeness (QED) is 0.305. The van der Waals surface area contributed by atoms with Crippen molar-refractivity contribution in [2.24, 2.45) is 10.1 Å². The van der Waals surface area contributed by atoms with Crippen LogP contribution in [0.25, 0.3) is 10.9 Å². The zero-order valence-electron chi connectivity index (χ0n) is 16.7. The van der Waals surface area contributed by atoms with Gasteiger partial charge in [-0.15, -0.1) is 15.7 Å². The van der Waals surface area contributed by atoms with E-state index in [2.05, 4.69) is 9.71 Å². The summed E-state index contributed by atoms with van der Waals surface area (Å²) in [7, 11) is -3.60. The maximum Gasteiger partial charge on any atom is 0.266 e. The summed E-state index contributed by atoms with van der Waals surface area (Å²) in [6.45, 7) is 0.401. The summed E-state index contributed by atoms with van der Waals surface area (Å²) in [6.07, 6.45) is 0. The van der Waals surface area contributed by atoms with Crippen molar-refractivity contribution in [3.05, 3.63) is 87.0 Å². The Morgan fingerprint density at radius 2 is 1.81 bits per heavy atom. The van der Waals surface area contributed by atoms with E-state index in [1.807, 2.05) is 30.3 Å². The summed E-state index contributed by atoms with van der Waals surface area (Å²) < 4.78 is 27.1. The van der Waals surface area contributed by atoms with Crippen LogP contribution in [0, 0.1) is 0 Å². The normalized spacial score (nSPS) is 15.7. The van der Waals surface area contributed by atoms with Crippen LogP contribution in [0.2, 0.25) is 0 Å². The molecule has 2 aromatic heterocycles. The molecule has 5 rings (SSSR count). The largest absolute Gasteiger partial charge is 0.506 e. The zero-order chi connectivity index (χ0) is 22.5. The van der Waals surface area contributed by atoms with Gasteiger partial charge in [0, 0.05) is 17.5 Å². The summed E-state index contributed by atoms with van der Waals surface area (Å²) in [5, 5.41) is 16.7. The number of amidine groups is 1. The molecule has 0 bridgehead atoms. The second-order valence-electron chi connectivity index (χ2n) is 7.32. The molecular weight excluding hydrogens is 448 g/mol. The van der Waals surface area contributed by atoms with Gasteiger partial charge in [-0.05, 0) is 23.1 Å². The van der Waals surface area contributed by atoms with Crippen molar-refractivity contribution in [2.45, 2.75) is 18.0 Å². The molecule has 0 aliphatic carbocycles. The van der Waals surface area contributed by atoms with Crippen LogP contribution in [0.3, 0.4) is 0 Å². The molecule has 0 amide bonds. The highest BCUT2D eigenvalue weighted by Gasteiger charge is 2.33. The number of anilines is 1. The first-order chi connectivity index (χ1) is 15.4. The van der Waals surface area contributed by atoms with Gasteiger partial charge in [0.1, 0.15) is 21.2 Å². The Morgan fingerprint density at radius 3 is 2.56 bits per heavy atom. The molecule has 0 saturated carbocycles. The van der Waals surface area contributed by atoms with Crippen LogP contribution in [0.4, 0.5) is 5.00 Å². The van der Waals surface area contributed by atoms with Crippen LogP contribution in [0.1, 0.15) is 16.7 Å². The number of benzene rings is 2. The van der Waals surface area contributed by atoms with Gasteiger partial charge in [0.25, 0.3) is 5.56 Å². The predicted octanol–water partition coefficient (Wildman–Crippen LogP) is 4.17. The van der Waals surface area contributed by atoms with E-state index in [4.69, 9.17) is 5.73 Å². The molecule has 2 aromatic carbocycles. The Kier molecular flexibility index (Phi) is 5.03. The minimum atomic E-state index is -3.60. The lowest BCUT2D eigenvalue weighted by Crippen LogP contribution is -2.32. The van der Waals surface area contributed by atoms with Gasteiger partial charge in [-0.2, -0.15) is 0 Å². The fourth-order valence-corrected chi connectivity index (χ4v) is 6.55. The first kappa shape index (κ1) is 20.7. The Labute approximate surface area is 188 Å². The molecule has 3 heterocycles. The van der Waals surface area contributed by atoms with E-state index in [0.29, 0.717) is 21.5 Å². The van der Waals surface area contributed by atoms with Gasteiger partial charge in [-0.25, -0.2) is 0 Å². The van der Waals surface area contributed by atoms with Crippen LogP contribution >= 0.6 is 22.1 Å². The molecule has 1 aliphatic heterocycles. The molecule has 0 unspecified atom stereocenters. The number of rotatable bonds is 4. The molecule has 32 heavy (non-hydrogen) atoms. The number of nitrogens with two attached hydrogens (primary N) is 1. The summed E-state index contributed by atoms with van der Waals surface area (Å²) in [6, 6.07) is 16.5. The third-order valence-corrected chi connectivity index (χ3v) is 7.85. The van der Waals surface area contributed by atoms with Crippen LogP contribution in [-0.2, 0) is 13.1 Å². The molecule has 164 valence electrons. The number of hydrogen-bond acceptors (Lipinski definition) is 8. The molecule has 0 fully saturated rings. The highest BCUT2D eigenvalue weighted by Crippen LogP contribution is 2.59. The summed E-state index contributed by atoms with van der Waals surface area (Å²) in [5.74, 6) is -0.353. The molecule has 0 atom stereocenters. The number of nitrogens with zero attached hydrogens (tertiary/aromatic N) is 2. The van der Waals surface area contributed by atoms with Crippen molar-refractivity contribution in [1.82, 2.24) is 4.57 Å². The first-order valence-electron chi connectivity index (χ1n) is 9.75. The minimum absolute atomic E-state index is 0.0852. The van der Waals surface area contributed by atoms with Crippen LogP contribution in [-0.4, -0.2) is 24.6 Å². The van der Waals surface area contributed by atoms with E-state index >= 15 is 0 Å². The smallest absolute Gasteiger partial charge is 0.266 e. The SMILES string of the molecule is NCc1csc2c1S(O)(O)N=C(c1c(O)c3ccccc3n(Cc3ccccc3)c1=O)N2. The Hall–Kier alpha value is -3.15. The van der Waals surface area contributed by atoms with Crippen molar-refractivity contribution >= 4 is 43.9 Å². The maximum absolute atomic E-state index is 13.6. The Morgan fingerprint density at radius 1 is 1.09 bits per heavy atom. The van der Waals surface area contributed by atoms with Crippen molar-refractivity contribution in [2.75, 3.05) is 5.32 Å². The second-order valence-corrected chi connectivity index (χ2v) is 9.83. The fraction of sp³-hybridized carbons (Fsp3) is 0.0909. The lowest BCUT2D eigenvalue weighted by Gasteiger charge is -2.33. The topological polar surface area (TPSA) is 133 Å². The van der Waals surface area contributed by atoms with E-state index in [0.717, 1.165) is 5.56 Å². The number of thiophene rings is 1. The predicted molar refractivity (Wildman–Crippen MR) is 129 cm³/mol. The van der Waals surface area contributed by atoms with Crippen molar-refractivity contribution in [3.8, 4) is 5.75 Å². The van der Waals surface area contributed by atoms with Crippen molar-refractivity contribution in [3.63, 3.8) is 0 Å². The molecule has 1 aliphatic rings. The summed E-state index contributed by atoms with van der Waals surface area (Å²) >= 11 is 1.24. The van der Waals surface area contributed by atoms with Crippen LogP contribution in [0.15, 0.2) is 74.1 Å². The molecule has 0 saturated heterocycles. The number of aromatic hydroxyl groups is 1. The van der Waals surface area contributed by atoms with E-state index in [-0.39, 0.29) is 35.1 Å². The molecule has 0 radical (unpaired) electrons. The molecular formula is C22H20N4O4S2. The molecule has 4 aromatic rings. The number of aromatic nitrogens is 1. The molecule has 10 heteroatoms. The van der Waals surface area contributed by atoms with E-state index in [1.165, 1.54) is 11.3 Å². The van der Waals surface area contributed by atoms with Crippen molar-refractivity contribution < 1.29 is 14.2 Å². The highest BCUT2D eigenvalue weighted by molar-refractivity contribution is 8.23. The number of para-hydroxylation sites is 1. The van der Waals surface area contributed by atoms with Gasteiger partial charge in [-0.3, -0.25) is 13.9 Å². The maximum atomic E-state index is 13.6. The Balaban J connectivity index is 1.73. The number of nitrogens with one attached hydrogen (secondary N) is 1. The summed E-state index contributed by atoms with van der Waals surface area (Å²) in [4.78, 5) is 13.8. The average molecular weight is 469 g/mol. The van der Waals surface area contributed by atoms with Crippen molar-refractivity contribution in [1.29, 1.82) is 0 Å². The van der Waals surface area contributed by atoms with Crippen LogP contribution in [0.5, 0.6) is 5.75 Å². The fourth-order valence-electron chi connectivity index (χ4n) is 3.85. The third-order valence-electron chi connectivity index (χ3n) is 5.33. The lowest BCUT2D eigenvalue weighted by molar-refractivity contribution is 0.477. The monoisotopic (exact) mass is 468 g/mol. The number of pyridine rings is 1. The standard InChI is InChI=1S/C22H20N4O4S2/c23-10-14-12-31-21-19(14)32(29,30)25-20(24-21)17-18(27)15-8-4-5-9-16(15)26(22(17)28)11-13-6-2-1-3-7-13/h1-9,12,27,29-30H,10-11,23H2,(H,24,25). The second kappa shape index (κ2) is 7.76. The van der Waals surface area contributed by atoms with E-state index < -0.39 is 16.3 Å². The Bertz CT molecular complexity index is 1430. The average Bonchev–Trinajstić information content (AvgIpc) is 3.21. The first-order valence-corrected chi connectivity index (χ1v) is 12.1. The number of hydrogen-bond donors (Lipinski definition) is 5. The molecule has 0 spiro atoms. The highest BCUT2D eigenvalue weighted by atomic mass is 32.3. The van der Waals surface area contributed by atoms with Gasteiger partial charge < -0.3 is 20.7 Å². The summed E-state index contributed by atoms with van der Waals surface area (Å²) in [5.41, 5.74) is 7.15. The van der Waals surface area contributed by atoms with E-state index in [1.54, 1.807) is 34.2 Å². The van der Waals surface area contributed by atoms with Gasteiger partial charge >= 0.3 is 0 Å². The molecule has 8 nitrogen and oxygen atoms in total. The number of fused-ring (bicyclic) bond motifs is 2. The molecule has 6 N–H and O–H groups in total. The van der Waals surface area contributed by atoms with Crippen LogP contribution < -0.4 is 16.6 Å². The third kappa shape index (κ3) is 3.29. The van der Waals surface area contributed by atoms with Gasteiger partial charge in [0.15, 0.2) is 5.84 Å². The zero-order valence-corrected chi connectivity index (χ0v) is 18.4.